The first-order valence-corrected chi connectivity index (χ1v) is 10.4. The number of hydrogen-bond acceptors (Lipinski definition) is 8. The lowest BCUT2D eigenvalue weighted by Crippen LogP contribution is -2.30. The molecule has 2 aromatic carbocycles. The summed E-state index contributed by atoms with van der Waals surface area (Å²) < 4.78 is 28.7. The molecule has 10 nitrogen and oxygen atoms in total. The van der Waals surface area contributed by atoms with Crippen molar-refractivity contribution in [2.45, 2.75) is 21.9 Å². The zero-order valence-electron chi connectivity index (χ0n) is 15.0. The van der Waals surface area contributed by atoms with Crippen molar-refractivity contribution in [3.05, 3.63) is 58.6 Å². The fourth-order valence-electron chi connectivity index (χ4n) is 2.51. The number of benzene rings is 2. The quantitative estimate of drug-likeness (QED) is 0.422. The summed E-state index contributed by atoms with van der Waals surface area (Å²) in [6, 6.07) is 12.4. The lowest BCUT2D eigenvalue weighted by atomic mass is 10.3. The SMILES string of the molecule is CCN(c1ccccc1)S(=O)(=O)c1ccc(Sc2nnnn2C)c([N+](=O)[O-])c1. The molecular weight excluding hydrogens is 404 g/mol. The van der Waals surface area contributed by atoms with Crippen LogP contribution in [0.5, 0.6) is 0 Å². The van der Waals surface area contributed by atoms with Crippen LogP contribution in [0, 0.1) is 10.1 Å². The average molecular weight is 420 g/mol. The molecule has 0 atom stereocenters. The van der Waals surface area contributed by atoms with Gasteiger partial charge in [-0.05, 0) is 53.4 Å². The molecule has 0 bridgehead atoms. The molecule has 0 radical (unpaired) electrons. The van der Waals surface area contributed by atoms with Gasteiger partial charge in [-0.15, -0.1) is 5.10 Å². The van der Waals surface area contributed by atoms with E-state index in [1.807, 2.05) is 0 Å². The molecule has 0 aliphatic heterocycles. The van der Waals surface area contributed by atoms with Gasteiger partial charge in [-0.3, -0.25) is 14.4 Å². The molecule has 0 fully saturated rings. The predicted octanol–water partition coefficient (Wildman–Crippen LogP) is 2.48. The molecule has 0 N–H and O–H groups in total. The Balaban J connectivity index is 2.03. The number of rotatable bonds is 7. The maximum atomic E-state index is 13.1. The van der Waals surface area contributed by atoms with Crippen molar-refractivity contribution in [1.29, 1.82) is 0 Å². The van der Waals surface area contributed by atoms with E-state index >= 15 is 0 Å². The zero-order chi connectivity index (χ0) is 20.3. The topological polar surface area (TPSA) is 124 Å². The summed E-state index contributed by atoms with van der Waals surface area (Å²) in [6.07, 6.45) is 0. The number of anilines is 1. The van der Waals surface area contributed by atoms with Crippen molar-refractivity contribution in [3.63, 3.8) is 0 Å². The first kappa shape index (κ1) is 19.8. The van der Waals surface area contributed by atoms with E-state index in [1.165, 1.54) is 21.1 Å². The van der Waals surface area contributed by atoms with Crippen LogP contribution in [0.3, 0.4) is 0 Å². The summed E-state index contributed by atoms with van der Waals surface area (Å²) in [5.74, 6) is 0. The normalized spacial score (nSPS) is 11.4. The van der Waals surface area contributed by atoms with Crippen molar-refractivity contribution in [1.82, 2.24) is 20.2 Å². The first-order chi connectivity index (χ1) is 13.3. The molecule has 1 heterocycles. The number of nitro benzene ring substituents is 1. The van der Waals surface area contributed by atoms with Crippen LogP contribution in [0.15, 0.2) is 63.5 Å². The van der Waals surface area contributed by atoms with Gasteiger partial charge in [0.1, 0.15) is 0 Å². The predicted molar refractivity (Wildman–Crippen MR) is 103 cm³/mol. The highest BCUT2D eigenvalue weighted by atomic mass is 32.2. The average Bonchev–Trinajstić information content (AvgIpc) is 3.07. The molecule has 0 amide bonds. The zero-order valence-corrected chi connectivity index (χ0v) is 16.6. The minimum absolute atomic E-state index is 0.162. The second kappa shape index (κ2) is 7.94. The molecule has 1 aromatic heterocycles. The molecule has 3 rings (SSSR count). The number of sulfonamides is 1. The summed E-state index contributed by atoms with van der Waals surface area (Å²) in [4.78, 5) is 11.0. The van der Waals surface area contributed by atoms with Crippen LogP contribution in [0.1, 0.15) is 6.92 Å². The Kier molecular flexibility index (Phi) is 5.61. The third-order valence-electron chi connectivity index (χ3n) is 3.83. The standard InChI is InChI=1S/C16H16N6O4S2/c1-3-21(12-7-5-4-6-8-12)28(25,26)13-9-10-15(14(11-13)22(23)24)27-16-17-18-19-20(16)2/h4-11H,3H2,1-2H3. The Morgan fingerprint density at radius 1 is 1.21 bits per heavy atom. The van der Waals surface area contributed by atoms with Gasteiger partial charge in [0.05, 0.1) is 20.4 Å². The number of nitrogens with zero attached hydrogens (tertiary/aromatic N) is 6. The van der Waals surface area contributed by atoms with Gasteiger partial charge in [0, 0.05) is 19.7 Å². The van der Waals surface area contributed by atoms with E-state index < -0.39 is 14.9 Å². The van der Waals surface area contributed by atoms with E-state index in [4.69, 9.17) is 0 Å². The smallest absolute Gasteiger partial charge is 0.267 e. The molecule has 12 heteroatoms. The molecule has 0 spiro atoms. The number of aromatic nitrogens is 4. The minimum atomic E-state index is -3.97. The summed E-state index contributed by atoms with van der Waals surface area (Å²) in [5.41, 5.74) is 0.148. The van der Waals surface area contributed by atoms with E-state index in [0.717, 1.165) is 17.8 Å². The van der Waals surface area contributed by atoms with Crippen LogP contribution in [0.4, 0.5) is 11.4 Å². The number of tetrazole rings is 1. The number of aryl methyl sites for hydroxylation is 1. The highest BCUT2D eigenvalue weighted by molar-refractivity contribution is 7.99. The second-order valence-electron chi connectivity index (χ2n) is 5.58. The molecule has 0 aliphatic carbocycles. The summed E-state index contributed by atoms with van der Waals surface area (Å²) in [5, 5.41) is 22.8. The van der Waals surface area contributed by atoms with E-state index in [1.54, 1.807) is 44.3 Å². The van der Waals surface area contributed by atoms with E-state index in [2.05, 4.69) is 15.5 Å². The van der Waals surface area contributed by atoms with Crippen LogP contribution >= 0.6 is 11.8 Å². The second-order valence-corrected chi connectivity index (χ2v) is 8.45. The maximum absolute atomic E-state index is 13.1. The van der Waals surface area contributed by atoms with E-state index in [0.29, 0.717) is 10.8 Å². The van der Waals surface area contributed by atoms with Crippen molar-refractivity contribution in [2.24, 2.45) is 7.05 Å². The van der Waals surface area contributed by atoms with Crippen LogP contribution < -0.4 is 4.31 Å². The van der Waals surface area contributed by atoms with Gasteiger partial charge in [-0.1, -0.05) is 18.2 Å². The molecule has 28 heavy (non-hydrogen) atoms. The van der Waals surface area contributed by atoms with Gasteiger partial charge in [-0.25, -0.2) is 13.1 Å². The Labute approximate surface area is 165 Å². The van der Waals surface area contributed by atoms with Crippen LogP contribution in [-0.4, -0.2) is 40.1 Å². The van der Waals surface area contributed by atoms with Crippen molar-refractivity contribution < 1.29 is 13.3 Å². The highest BCUT2D eigenvalue weighted by Gasteiger charge is 2.27. The molecule has 146 valence electrons. The Morgan fingerprint density at radius 3 is 2.50 bits per heavy atom. The molecule has 0 saturated heterocycles. The van der Waals surface area contributed by atoms with Crippen LogP contribution in [0.25, 0.3) is 0 Å². The van der Waals surface area contributed by atoms with Gasteiger partial charge in [0.15, 0.2) is 0 Å². The largest absolute Gasteiger partial charge is 0.284 e. The monoisotopic (exact) mass is 420 g/mol. The van der Waals surface area contributed by atoms with Gasteiger partial charge in [0.25, 0.3) is 15.7 Å². The number of hydrogen-bond donors (Lipinski definition) is 0. The van der Waals surface area contributed by atoms with E-state index in [-0.39, 0.29) is 22.0 Å². The maximum Gasteiger partial charge on any atom is 0.284 e. The highest BCUT2D eigenvalue weighted by Crippen LogP contribution is 2.36. The summed E-state index contributed by atoms with van der Waals surface area (Å²) in [7, 11) is -2.37. The van der Waals surface area contributed by atoms with Crippen molar-refractivity contribution >= 4 is 33.2 Å². The Hall–Kier alpha value is -2.99. The summed E-state index contributed by atoms with van der Waals surface area (Å²) in [6.45, 7) is 1.88. The van der Waals surface area contributed by atoms with Crippen molar-refractivity contribution in [3.8, 4) is 0 Å². The van der Waals surface area contributed by atoms with Crippen molar-refractivity contribution in [2.75, 3.05) is 10.8 Å². The molecule has 0 aliphatic rings. The molecular formula is C16H16N6O4S2. The Bertz CT molecular complexity index is 1100. The van der Waals surface area contributed by atoms with Crippen LogP contribution in [-0.2, 0) is 17.1 Å². The van der Waals surface area contributed by atoms with Gasteiger partial charge >= 0.3 is 0 Å². The van der Waals surface area contributed by atoms with Gasteiger partial charge in [0.2, 0.25) is 5.16 Å². The fraction of sp³-hybridized carbons (Fsp3) is 0.188. The van der Waals surface area contributed by atoms with Gasteiger partial charge in [-0.2, -0.15) is 0 Å². The third-order valence-corrected chi connectivity index (χ3v) is 6.82. The molecule has 0 unspecified atom stereocenters. The van der Waals surface area contributed by atoms with E-state index in [9.17, 15) is 18.5 Å². The fourth-order valence-corrected chi connectivity index (χ4v) is 4.82. The van der Waals surface area contributed by atoms with Crippen LogP contribution in [0.2, 0.25) is 0 Å². The number of nitro groups is 1. The Morgan fingerprint density at radius 2 is 1.93 bits per heavy atom. The van der Waals surface area contributed by atoms with Gasteiger partial charge < -0.3 is 0 Å². The first-order valence-electron chi connectivity index (χ1n) is 8.11. The summed E-state index contributed by atoms with van der Waals surface area (Å²) >= 11 is 0.982. The molecule has 0 saturated carbocycles. The number of para-hydroxylation sites is 1. The lowest BCUT2D eigenvalue weighted by molar-refractivity contribution is -0.388. The third kappa shape index (κ3) is 3.82. The molecule has 3 aromatic rings. The lowest BCUT2D eigenvalue weighted by Gasteiger charge is -2.22. The minimum Gasteiger partial charge on any atom is -0.267 e.